The number of benzene rings is 1. The van der Waals surface area contributed by atoms with Crippen LogP contribution in [0.4, 0.5) is 13.2 Å². The normalized spacial score (nSPS) is 17.4. The van der Waals surface area contributed by atoms with Crippen LogP contribution in [-0.2, 0) is 4.79 Å². The molecule has 1 aromatic rings. The van der Waals surface area contributed by atoms with Gasteiger partial charge in [-0.25, -0.2) is 13.2 Å². The summed E-state index contributed by atoms with van der Waals surface area (Å²) < 4.78 is 45.1. The highest BCUT2D eigenvalue weighted by Crippen LogP contribution is 2.31. The van der Waals surface area contributed by atoms with Crippen LogP contribution in [0.5, 0.6) is 5.75 Å². The van der Waals surface area contributed by atoms with Gasteiger partial charge in [0.25, 0.3) is 6.43 Å². The number of rotatable bonds is 5. The third-order valence-corrected chi connectivity index (χ3v) is 3.73. The highest BCUT2D eigenvalue weighted by molar-refractivity contribution is 6.31. The maximum absolute atomic E-state index is 14.4. The quantitative estimate of drug-likeness (QED) is 0.594. The first-order valence-electron chi connectivity index (χ1n) is 7.20. The molecule has 0 spiro atoms. The molecule has 1 atom stereocenters. The van der Waals surface area contributed by atoms with Gasteiger partial charge in [-0.1, -0.05) is 12.0 Å². The SMILES string of the molecule is CC#CCOc1ccc(C2=CCC(Cl)C(=O)N2CC(F)F)c(F)c1. The van der Waals surface area contributed by atoms with Gasteiger partial charge in [-0.2, -0.15) is 0 Å². The van der Waals surface area contributed by atoms with Gasteiger partial charge in [0, 0.05) is 11.6 Å². The lowest BCUT2D eigenvalue weighted by molar-refractivity contribution is -0.129. The van der Waals surface area contributed by atoms with Crippen molar-refractivity contribution in [3.05, 3.63) is 35.7 Å². The Kier molecular flexibility index (Phi) is 6.16. The Morgan fingerprint density at radius 3 is 2.83 bits per heavy atom. The highest BCUT2D eigenvalue weighted by Gasteiger charge is 2.32. The number of nitrogens with zero attached hydrogens (tertiary/aromatic N) is 1. The summed E-state index contributed by atoms with van der Waals surface area (Å²) in [5, 5.41) is -0.925. The number of carbonyl (C=O) groups excluding carboxylic acids is 1. The summed E-state index contributed by atoms with van der Waals surface area (Å²) in [6.45, 7) is 0.931. The molecule has 2 rings (SSSR count). The maximum atomic E-state index is 14.4. The molecule has 0 radical (unpaired) electrons. The Morgan fingerprint density at radius 1 is 1.46 bits per heavy atom. The predicted molar refractivity (Wildman–Crippen MR) is 85.3 cm³/mol. The number of alkyl halides is 3. The second kappa shape index (κ2) is 8.11. The molecular formula is C17H15ClF3NO2. The Balaban J connectivity index is 2.30. The molecule has 24 heavy (non-hydrogen) atoms. The molecule has 0 fully saturated rings. The van der Waals surface area contributed by atoms with Crippen LogP contribution in [0.2, 0.25) is 0 Å². The number of halogens is 4. The average Bonchev–Trinajstić information content (AvgIpc) is 2.53. The lowest BCUT2D eigenvalue weighted by Gasteiger charge is -2.31. The molecule has 1 heterocycles. The minimum atomic E-state index is -2.75. The van der Waals surface area contributed by atoms with Crippen LogP contribution in [0, 0.1) is 17.7 Å². The summed E-state index contributed by atoms with van der Waals surface area (Å²) in [5.74, 6) is 4.24. The molecule has 0 saturated carbocycles. The fourth-order valence-corrected chi connectivity index (χ4v) is 2.49. The molecule has 1 aliphatic heterocycles. The monoisotopic (exact) mass is 357 g/mol. The van der Waals surface area contributed by atoms with Gasteiger partial charge in [-0.05, 0) is 25.5 Å². The molecule has 0 N–H and O–H groups in total. The van der Waals surface area contributed by atoms with Crippen LogP contribution < -0.4 is 4.74 Å². The molecule has 1 aromatic carbocycles. The Labute approximate surface area is 143 Å². The van der Waals surface area contributed by atoms with Crippen LogP contribution >= 0.6 is 11.6 Å². The fraction of sp³-hybridized carbons (Fsp3) is 0.353. The van der Waals surface area contributed by atoms with Crippen LogP contribution in [-0.4, -0.2) is 35.8 Å². The number of amides is 1. The summed E-state index contributed by atoms with van der Waals surface area (Å²) in [5.41, 5.74) is 0.135. The fourth-order valence-electron chi connectivity index (χ4n) is 2.28. The Morgan fingerprint density at radius 2 is 2.21 bits per heavy atom. The molecule has 0 saturated heterocycles. The van der Waals surface area contributed by atoms with Crippen LogP contribution in [0.3, 0.4) is 0 Å². The number of ether oxygens (including phenoxy) is 1. The van der Waals surface area contributed by atoms with Gasteiger partial charge in [0.2, 0.25) is 5.91 Å². The van der Waals surface area contributed by atoms with Crippen molar-refractivity contribution in [2.45, 2.75) is 25.1 Å². The minimum Gasteiger partial charge on any atom is -0.481 e. The Hall–Kier alpha value is -2.13. The molecule has 0 aromatic heterocycles. The zero-order valence-electron chi connectivity index (χ0n) is 12.9. The van der Waals surface area contributed by atoms with E-state index in [1.54, 1.807) is 6.92 Å². The van der Waals surface area contributed by atoms with Crippen LogP contribution in [0.25, 0.3) is 5.70 Å². The Bertz CT molecular complexity index is 710. The van der Waals surface area contributed by atoms with E-state index >= 15 is 0 Å². The molecule has 0 bridgehead atoms. The first-order chi connectivity index (χ1) is 11.4. The van der Waals surface area contributed by atoms with E-state index in [-0.39, 0.29) is 30.0 Å². The van der Waals surface area contributed by atoms with Crippen LogP contribution in [0.15, 0.2) is 24.3 Å². The first kappa shape index (κ1) is 18.2. The molecule has 1 unspecified atom stereocenters. The molecule has 1 amide bonds. The molecule has 7 heteroatoms. The number of carbonyl (C=O) groups is 1. The van der Waals surface area contributed by atoms with Crippen molar-refractivity contribution in [1.29, 1.82) is 0 Å². The van der Waals surface area contributed by atoms with E-state index in [9.17, 15) is 18.0 Å². The summed E-state index contributed by atoms with van der Waals surface area (Å²) in [6, 6.07) is 4.01. The lowest BCUT2D eigenvalue weighted by Crippen LogP contribution is -2.41. The van der Waals surface area contributed by atoms with E-state index < -0.39 is 30.1 Å². The topological polar surface area (TPSA) is 29.5 Å². The van der Waals surface area contributed by atoms with E-state index in [4.69, 9.17) is 16.3 Å². The van der Waals surface area contributed by atoms with Crippen molar-refractivity contribution < 1.29 is 22.7 Å². The molecule has 3 nitrogen and oxygen atoms in total. The second-order valence-electron chi connectivity index (χ2n) is 4.99. The number of hydrogen-bond acceptors (Lipinski definition) is 2. The van der Waals surface area contributed by atoms with Crippen molar-refractivity contribution in [2.75, 3.05) is 13.2 Å². The summed E-state index contributed by atoms with van der Waals surface area (Å²) in [4.78, 5) is 12.9. The molecule has 128 valence electrons. The zero-order chi connectivity index (χ0) is 17.7. The van der Waals surface area contributed by atoms with E-state index in [1.807, 2.05) is 0 Å². The molecular weight excluding hydrogens is 343 g/mol. The summed E-state index contributed by atoms with van der Waals surface area (Å²) in [7, 11) is 0. The van der Waals surface area contributed by atoms with Gasteiger partial charge in [-0.3, -0.25) is 4.79 Å². The number of hydrogen-bond donors (Lipinski definition) is 0. The molecule has 1 aliphatic rings. The minimum absolute atomic E-state index is 0.0430. The third-order valence-electron chi connectivity index (χ3n) is 3.37. The van der Waals surface area contributed by atoms with Crippen molar-refractivity contribution in [3.8, 4) is 17.6 Å². The van der Waals surface area contributed by atoms with Crippen molar-refractivity contribution >= 4 is 23.2 Å². The lowest BCUT2D eigenvalue weighted by atomic mass is 10.0. The van der Waals surface area contributed by atoms with Crippen molar-refractivity contribution in [3.63, 3.8) is 0 Å². The van der Waals surface area contributed by atoms with Gasteiger partial charge in [0.05, 0.1) is 12.2 Å². The van der Waals surface area contributed by atoms with E-state index in [0.717, 1.165) is 11.0 Å². The largest absolute Gasteiger partial charge is 0.481 e. The third kappa shape index (κ3) is 4.24. The average molecular weight is 358 g/mol. The second-order valence-corrected chi connectivity index (χ2v) is 5.52. The van der Waals surface area contributed by atoms with Gasteiger partial charge < -0.3 is 9.64 Å². The van der Waals surface area contributed by atoms with Crippen molar-refractivity contribution in [1.82, 2.24) is 4.90 Å². The van der Waals surface area contributed by atoms with E-state index in [1.165, 1.54) is 18.2 Å². The van der Waals surface area contributed by atoms with Crippen LogP contribution in [0.1, 0.15) is 18.9 Å². The summed E-state index contributed by atoms with van der Waals surface area (Å²) in [6.07, 6.45) is -1.11. The highest BCUT2D eigenvalue weighted by atomic mass is 35.5. The zero-order valence-corrected chi connectivity index (χ0v) is 13.6. The van der Waals surface area contributed by atoms with Crippen molar-refractivity contribution in [2.24, 2.45) is 0 Å². The number of allylic oxidation sites excluding steroid dienone is 1. The maximum Gasteiger partial charge on any atom is 0.256 e. The molecule has 0 aliphatic carbocycles. The smallest absolute Gasteiger partial charge is 0.256 e. The van der Waals surface area contributed by atoms with Gasteiger partial charge in [0.1, 0.15) is 23.6 Å². The van der Waals surface area contributed by atoms with Gasteiger partial charge in [0.15, 0.2) is 0 Å². The first-order valence-corrected chi connectivity index (χ1v) is 7.63. The van der Waals surface area contributed by atoms with Gasteiger partial charge >= 0.3 is 0 Å². The predicted octanol–water partition coefficient (Wildman–Crippen LogP) is 3.67. The van der Waals surface area contributed by atoms with E-state index in [0.29, 0.717) is 0 Å². The van der Waals surface area contributed by atoms with Gasteiger partial charge in [-0.15, -0.1) is 17.5 Å². The standard InChI is InChI=1S/C17H15ClF3NO2/c1-2-3-8-24-11-4-5-12(14(19)9-11)15-7-6-13(18)17(23)22(15)10-16(20)21/h4-5,7,9,13,16H,6,8,10H2,1H3. The summed E-state index contributed by atoms with van der Waals surface area (Å²) >= 11 is 5.83. The van der Waals surface area contributed by atoms with E-state index in [2.05, 4.69) is 11.8 Å².